The molecule has 154 valence electrons. The lowest BCUT2D eigenvalue weighted by atomic mass is 10.1. The highest BCUT2D eigenvalue weighted by Gasteiger charge is 2.12. The molecule has 0 aliphatic carbocycles. The van der Waals surface area contributed by atoms with E-state index in [1.165, 1.54) is 0 Å². The molecule has 0 unspecified atom stereocenters. The molecule has 0 saturated carbocycles. The van der Waals surface area contributed by atoms with Crippen LogP contribution >= 0.6 is 15.9 Å². The van der Waals surface area contributed by atoms with Crippen molar-refractivity contribution < 1.29 is 19.1 Å². The molecule has 0 spiro atoms. The summed E-state index contributed by atoms with van der Waals surface area (Å²) >= 11 is 3.41. The van der Waals surface area contributed by atoms with Gasteiger partial charge in [0, 0.05) is 11.1 Å². The van der Waals surface area contributed by atoms with E-state index in [1.54, 1.807) is 48.5 Å². The maximum atomic E-state index is 12.3. The normalized spacial score (nSPS) is 10.3. The van der Waals surface area contributed by atoms with Crippen molar-refractivity contribution in [2.45, 2.75) is 20.3 Å². The second-order valence-corrected chi connectivity index (χ2v) is 7.56. The van der Waals surface area contributed by atoms with Crippen LogP contribution < -0.4 is 20.3 Å². The number of halogens is 1. The standard InChI is InChI=1S/C22H25BrN2O4/c1-4-12-28-18-8-5-16(6-9-18)21(26)24-25-22(27)17-7-10-20(19(23)14-17)29-13-11-15(2)3/h4-10,14-15H,1,11-13H2,2-3H3,(H,24,26)(H,25,27). The average Bonchev–Trinajstić information content (AvgIpc) is 2.71. The summed E-state index contributed by atoms with van der Waals surface area (Å²) in [6.45, 7) is 8.83. The van der Waals surface area contributed by atoms with E-state index in [1.807, 2.05) is 0 Å². The van der Waals surface area contributed by atoms with Crippen LogP contribution in [0.3, 0.4) is 0 Å². The smallest absolute Gasteiger partial charge is 0.269 e. The van der Waals surface area contributed by atoms with Crippen LogP contribution in [0.25, 0.3) is 0 Å². The largest absolute Gasteiger partial charge is 0.492 e. The first kappa shape index (κ1) is 22.5. The number of hydrazine groups is 1. The van der Waals surface area contributed by atoms with Crippen LogP contribution in [-0.2, 0) is 0 Å². The van der Waals surface area contributed by atoms with E-state index >= 15 is 0 Å². The zero-order valence-corrected chi connectivity index (χ0v) is 18.1. The highest BCUT2D eigenvalue weighted by Crippen LogP contribution is 2.26. The minimum absolute atomic E-state index is 0.388. The van der Waals surface area contributed by atoms with Crippen LogP contribution in [0.1, 0.15) is 41.0 Å². The summed E-state index contributed by atoms with van der Waals surface area (Å²) in [5, 5.41) is 0. The predicted octanol–water partition coefficient (Wildman–Crippen LogP) is 4.51. The Morgan fingerprint density at radius 2 is 1.66 bits per heavy atom. The Kier molecular flexibility index (Phi) is 8.73. The summed E-state index contributed by atoms with van der Waals surface area (Å²) in [4.78, 5) is 24.5. The van der Waals surface area contributed by atoms with Gasteiger partial charge in [0.25, 0.3) is 11.8 Å². The van der Waals surface area contributed by atoms with Gasteiger partial charge >= 0.3 is 0 Å². The lowest BCUT2D eigenvalue weighted by molar-refractivity contribution is 0.0846. The van der Waals surface area contributed by atoms with E-state index < -0.39 is 11.8 Å². The third-order valence-corrected chi connectivity index (χ3v) is 4.54. The Morgan fingerprint density at radius 3 is 2.24 bits per heavy atom. The van der Waals surface area contributed by atoms with Crippen LogP contribution in [0.15, 0.2) is 59.6 Å². The molecule has 2 N–H and O–H groups in total. The third kappa shape index (κ3) is 7.27. The molecule has 2 rings (SSSR count). The van der Waals surface area contributed by atoms with Crippen molar-refractivity contribution in [1.29, 1.82) is 0 Å². The van der Waals surface area contributed by atoms with Gasteiger partial charge in [-0.2, -0.15) is 0 Å². The molecule has 29 heavy (non-hydrogen) atoms. The van der Waals surface area contributed by atoms with Gasteiger partial charge < -0.3 is 9.47 Å². The Labute approximate surface area is 179 Å². The minimum atomic E-state index is -0.432. The van der Waals surface area contributed by atoms with E-state index in [9.17, 15) is 9.59 Å². The van der Waals surface area contributed by atoms with Crippen LogP contribution in [0.5, 0.6) is 11.5 Å². The van der Waals surface area contributed by atoms with E-state index in [0.717, 1.165) is 6.42 Å². The zero-order valence-electron chi connectivity index (χ0n) is 16.5. The van der Waals surface area contributed by atoms with Crippen molar-refractivity contribution in [1.82, 2.24) is 10.9 Å². The van der Waals surface area contributed by atoms with Crippen LogP contribution in [-0.4, -0.2) is 25.0 Å². The van der Waals surface area contributed by atoms with Gasteiger partial charge in [-0.15, -0.1) is 0 Å². The first-order chi connectivity index (χ1) is 13.9. The molecule has 0 aliphatic rings. The average molecular weight is 461 g/mol. The van der Waals surface area contributed by atoms with Crippen LogP contribution in [0.2, 0.25) is 0 Å². The van der Waals surface area contributed by atoms with Gasteiger partial charge in [-0.3, -0.25) is 20.4 Å². The maximum Gasteiger partial charge on any atom is 0.269 e. The molecule has 0 heterocycles. The number of nitrogens with one attached hydrogen (secondary N) is 2. The molecule has 2 aromatic rings. The van der Waals surface area contributed by atoms with Crippen molar-refractivity contribution in [3.63, 3.8) is 0 Å². The van der Waals surface area contributed by atoms with Crippen molar-refractivity contribution in [2.75, 3.05) is 13.2 Å². The molecule has 2 amide bonds. The fourth-order valence-corrected chi connectivity index (χ4v) is 2.77. The van der Waals surface area contributed by atoms with Gasteiger partial charge in [0.1, 0.15) is 18.1 Å². The van der Waals surface area contributed by atoms with Gasteiger partial charge in [0.05, 0.1) is 11.1 Å². The van der Waals surface area contributed by atoms with Crippen molar-refractivity contribution in [3.05, 3.63) is 70.7 Å². The topological polar surface area (TPSA) is 76.7 Å². The van der Waals surface area contributed by atoms with E-state index in [-0.39, 0.29) is 0 Å². The molecule has 2 aromatic carbocycles. The number of carbonyl (C=O) groups excluding carboxylic acids is 2. The Morgan fingerprint density at radius 1 is 1.03 bits per heavy atom. The molecule has 0 atom stereocenters. The molecule has 6 nitrogen and oxygen atoms in total. The van der Waals surface area contributed by atoms with Gasteiger partial charge in [-0.05, 0) is 70.7 Å². The molecule has 7 heteroatoms. The molecule has 0 bridgehead atoms. The molecule has 0 fully saturated rings. The molecular formula is C22H25BrN2O4. The summed E-state index contributed by atoms with van der Waals surface area (Å²) in [5.74, 6) is 0.995. The number of benzene rings is 2. The fraction of sp³-hybridized carbons (Fsp3) is 0.273. The summed E-state index contributed by atoms with van der Waals surface area (Å²) in [6, 6.07) is 11.6. The second kappa shape index (κ2) is 11.3. The Hall–Kier alpha value is -2.80. The summed E-state index contributed by atoms with van der Waals surface area (Å²) in [6.07, 6.45) is 2.58. The predicted molar refractivity (Wildman–Crippen MR) is 116 cm³/mol. The number of hydrogen-bond acceptors (Lipinski definition) is 4. The fourth-order valence-electron chi connectivity index (χ4n) is 2.28. The monoisotopic (exact) mass is 460 g/mol. The number of ether oxygens (including phenoxy) is 2. The lowest BCUT2D eigenvalue weighted by Crippen LogP contribution is -2.41. The van der Waals surface area contributed by atoms with Crippen LogP contribution in [0.4, 0.5) is 0 Å². The van der Waals surface area contributed by atoms with Gasteiger partial charge in [0.15, 0.2) is 0 Å². The number of carbonyl (C=O) groups is 2. The quantitative estimate of drug-likeness (QED) is 0.426. The number of amides is 2. The Bertz CT molecular complexity index is 850. The maximum absolute atomic E-state index is 12.3. The molecular weight excluding hydrogens is 436 g/mol. The summed E-state index contributed by atoms with van der Waals surface area (Å²) < 4.78 is 11.8. The highest BCUT2D eigenvalue weighted by atomic mass is 79.9. The highest BCUT2D eigenvalue weighted by molar-refractivity contribution is 9.10. The minimum Gasteiger partial charge on any atom is -0.492 e. The third-order valence-electron chi connectivity index (χ3n) is 3.92. The number of hydrogen-bond donors (Lipinski definition) is 2. The first-order valence-electron chi connectivity index (χ1n) is 9.27. The summed E-state index contributed by atoms with van der Waals surface area (Å²) in [7, 11) is 0. The Balaban J connectivity index is 1.88. The molecule has 0 radical (unpaired) electrons. The van der Waals surface area contributed by atoms with Gasteiger partial charge in [-0.1, -0.05) is 26.5 Å². The molecule has 0 saturated heterocycles. The van der Waals surface area contributed by atoms with E-state index in [2.05, 4.69) is 47.2 Å². The molecule has 0 aliphatic heterocycles. The molecule has 0 aromatic heterocycles. The van der Waals surface area contributed by atoms with Crippen LogP contribution in [0, 0.1) is 5.92 Å². The van der Waals surface area contributed by atoms with E-state index in [4.69, 9.17) is 9.47 Å². The van der Waals surface area contributed by atoms with Crippen molar-refractivity contribution in [2.24, 2.45) is 5.92 Å². The summed E-state index contributed by atoms with van der Waals surface area (Å²) in [5.41, 5.74) is 5.59. The van der Waals surface area contributed by atoms with Crippen molar-refractivity contribution in [3.8, 4) is 11.5 Å². The first-order valence-corrected chi connectivity index (χ1v) is 10.1. The second-order valence-electron chi connectivity index (χ2n) is 6.71. The number of rotatable bonds is 9. The van der Waals surface area contributed by atoms with E-state index in [0.29, 0.717) is 46.2 Å². The van der Waals surface area contributed by atoms with Gasteiger partial charge in [-0.25, -0.2) is 0 Å². The lowest BCUT2D eigenvalue weighted by Gasteiger charge is -2.12. The SMILES string of the molecule is C=CCOc1ccc(C(=O)NNC(=O)c2ccc(OCCC(C)C)c(Br)c2)cc1. The zero-order chi connectivity index (χ0) is 21.2. The van der Waals surface area contributed by atoms with Crippen molar-refractivity contribution >= 4 is 27.7 Å². The van der Waals surface area contributed by atoms with Gasteiger partial charge in [0.2, 0.25) is 0 Å².